The van der Waals surface area contributed by atoms with Gasteiger partial charge in [0.25, 0.3) is 0 Å². The Morgan fingerprint density at radius 1 is 1.06 bits per heavy atom. The fourth-order valence-corrected chi connectivity index (χ4v) is 4.30. The highest BCUT2D eigenvalue weighted by Gasteiger charge is 2.33. The van der Waals surface area contributed by atoms with Gasteiger partial charge in [0, 0.05) is 24.2 Å². The van der Waals surface area contributed by atoms with Crippen molar-refractivity contribution < 1.29 is 19.0 Å². The molecule has 3 aromatic carbocycles. The highest BCUT2D eigenvalue weighted by atomic mass is 16.5. The van der Waals surface area contributed by atoms with Crippen LogP contribution in [0.1, 0.15) is 38.2 Å². The van der Waals surface area contributed by atoms with E-state index in [1.165, 1.54) is 5.56 Å². The second-order valence-electron chi connectivity index (χ2n) is 8.33. The molecule has 32 heavy (non-hydrogen) atoms. The summed E-state index contributed by atoms with van der Waals surface area (Å²) < 4.78 is 17.4. The number of nitrogens with zero attached hydrogens (tertiary/aromatic N) is 1. The van der Waals surface area contributed by atoms with E-state index in [0.29, 0.717) is 30.3 Å². The molecule has 5 nitrogen and oxygen atoms in total. The van der Waals surface area contributed by atoms with Gasteiger partial charge in [-0.15, -0.1) is 0 Å². The number of hydrogen-bond acceptors (Lipinski definition) is 5. The average Bonchev–Trinajstić information content (AvgIpc) is 3.10. The summed E-state index contributed by atoms with van der Waals surface area (Å²) in [5, 5.41) is 0. The molecule has 0 bridgehead atoms. The number of fused-ring (bicyclic) bond motifs is 2. The van der Waals surface area contributed by atoms with Gasteiger partial charge in [0.2, 0.25) is 5.78 Å². The summed E-state index contributed by atoms with van der Waals surface area (Å²) in [4.78, 5) is 15.3. The predicted molar refractivity (Wildman–Crippen MR) is 123 cm³/mol. The number of Topliss-reactive ketones (excluding diaryl/α,β-unsaturated/α-hetero) is 1. The molecule has 2 aliphatic heterocycles. The summed E-state index contributed by atoms with van der Waals surface area (Å²) in [6.45, 7) is 5.93. The first kappa shape index (κ1) is 20.3. The zero-order valence-electron chi connectivity index (χ0n) is 18.5. The van der Waals surface area contributed by atoms with E-state index in [9.17, 15) is 4.79 Å². The summed E-state index contributed by atoms with van der Waals surface area (Å²) in [6, 6.07) is 18.0. The molecule has 0 radical (unpaired) electrons. The molecule has 0 unspecified atom stereocenters. The number of carbonyl (C=O) groups is 1. The van der Waals surface area contributed by atoms with Crippen LogP contribution in [0, 0.1) is 13.8 Å². The molecule has 0 amide bonds. The van der Waals surface area contributed by atoms with Crippen LogP contribution in [0.4, 0.5) is 0 Å². The Morgan fingerprint density at radius 2 is 1.88 bits per heavy atom. The second kappa shape index (κ2) is 8.17. The average molecular weight is 428 g/mol. The zero-order valence-corrected chi connectivity index (χ0v) is 18.5. The van der Waals surface area contributed by atoms with Gasteiger partial charge in [-0.25, -0.2) is 0 Å². The molecule has 162 valence electrons. The van der Waals surface area contributed by atoms with E-state index < -0.39 is 0 Å². The third-order valence-electron chi connectivity index (χ3n) is 5.91. The van der Waals surface area contributed by atoms with Crippen molar-refractivity contribution in [2.75, 3.05) is 13.8 Å². The summed E-state index contributed by atoms with van der Waals surface area (Å²) in [5.41, 5.74) is 5.76. The van der Waals surface area contributed by atoms with Crippen LogP contribution in [0.3, 0.4) is 0 Å². The summed E-state index contributed by atoms with van der Waals surface area (Å²) in [7, 11) is 1.66. The van der Waals surface area contributed by atoms with Gasteiger partial charge in [-0.05, 0) is 49.2 Å². The first-order chi connectivity index (χ1) is 15.5. The minimum Gasteiger partial charge on any atom is -0.497 e. The molecule has 5 rings (SSSR count). The Hall–Kier alpha value is -3.57. The lowest BCUT2D eigenvalue weighted by atomic mass is 9.99. The van der Waals surface area contributed by atoms with Crippen LogP contribution in [-0.4, -0.2) is 24.5 Å². The Labute approximate surface area is 187 Å². The van der Waals surface area contributed by atoms with Gasteiger partial charge in [-0.3, -0.25) is 9.69 Å². The molecule has 0 atom stereocenters. The summed E-state index contributed by atoms with van der Waals surface area (Å²) >= 11 is 0. The maximum absolute atomic E-state index is 13.1. The first-order valence-corrected chi connectivity index (χ1v) is 10.7. The van der Waals surface area contributed by atoms with E-state index in [0.717, 1.165) is 40.3 Å². The lowest BCUT2D eigenvalue weighted by Gasteiger charge is -2.30. The van der Waals surface area contributed by atoms with Gasteiger partial charge in [-0.2, -0.15) is 0 Å². The van der Waals surface area contributed by atoms with Gasteiger partial charge < -0.3 is 14.2 Å². The highest BCUT2D eigenvalue weighted by molar-refractivity contribution is 6.15. The van der Waals surface area contributed by atoms with E-state index in [1.807, 2.05) is 62.4 Å². The molecule has 0 aromatic heterocycles. The van der Waals surface area contributed by atoms with Gasteiger partial charge in [-0.1, -0.05) is 42.0 Å². The molecule has 0 N–H and O–H groups in total. The molecule has 2 aliphatic rings. The smallest absolute Gasteiger partial charge is 0.231 e. The number of benzene rings is 3. The van der Waals surface area contributed by atoms with E-state index in [2.05, 4.69) is 17.0 Å². The molecule has 2 heterocycles. The largest absolute Gasteiger partial charge is 0.497 e. The number of allylic oxidation sites excluding steroid dienone is 1. The lowest BCUT2D eigenvalue weighted by molar-refractivity contribution is 0.0876. The van der Waals surface area contributed by atoms with Crippen molar-refractivity contribution in [2.24, 2.45) is 0 Å². The van der Waals surface area contributed by atoms with E-state index in [1.54, 1.807) is 7.11 Å². The third-order valence-corrected chi connectivity index (χ3v) is 5.91. The summed E-state index contributed by atoms with van der Waals surface area (Å²) in [6.07, 6.45) is 1.81. The predicted octanol–water partition coefficient (Wildman–Crippen LogP) is 5.28. The molecule has 0 saturated heterocycles. The molecule has 3 aromatic rings. The topological polar surface area (TPSA) is 48.0 Å². The minimum absolute atomic E-state index is 0.0836. The highest BCUT2D eigenvalue weighted by Crippen LogP contribution is 2.43. The van der Waals surface area contributed by atoms with Crippen molar-refractivity contribution in [3.8, 4) is 17.2 Å². The fraction of sp³-hybridized carbons (Fsp3) is 0.222. The molecule has 0 aliphatic carbocycles. The van der Waals surface area contributed by atoms with Crippen molar-refractivity contribution >= 4 is 11.9 Å². The SMILES string of the molecule is COc1ccc(CN2COc3c(cc4c(c3C)O/C(=C\c3cccc(C)c3)C4=O)C2)cc1. The summed E-state index contributed by atoms with van der Waals surface area (Å²) in [5.74, 6) is 2.54. The van der Waals surface area contributed by atoms with E-state index in [4.69, 9.17) is 14.2 Å². The van der Waals surface area contributed by atoms with Crippen molar-refractivity contribution in [1.29, 1.82) is 0 Å². The molecule has 0 spiro atoms. The standard InChI is InChI=1S/C27H25NO4/c1-17-5-4-6-20(11-17)12-24-25(29)23-13-21-15-28(14-19-7-9-22(30-3)10-8-19)16-31-26(21)18(2)27(23)32-24/h4-13H,14-16H2,1-3H3/b24-12-. The maximum Gasteiger partial charge on any atom is 0.231 e. The zero-order chi connectivity index (χ0) is 22.2. The van der Waals surface area contributed by atoms with Crippen molar-refractivity contribution in [3.63, 3.8) is 0 Å². The Bertz CT molecular complexity index is 1230. The van der Waals surface area contributed by atoms with E-state index >= 15 is 0 Å². The minimum atomic E-state index is -0.0836. The number of ketones is 1. The normalized spacial score (nSPS) is 16.3. The van der Waals surface area contributed by atoms with Crippen LogP contribution in [0.5, 0.6) is 17.2 Å². The molecule has 0 fully saturated rings. The van der Waals surface area contributed by atoms with Gasteiger partial charge >= 0.3 is 0 Å². The van der Waals surface area contributed by atoms with Crippen LogP contribution in [0.25, 0.3) is 6.08 Å². The Morgan fingerprint density at radius 3 is 2.62 bits per heavy atom. The monoisotopic (exact) mass is 427 g/mol. The van der Waals surface area contributed by atoms with Crippen molar-refractivity contribution in [3.05, 3.63) is 93.7 Å². The van der Waals surface area contributed by atoms with Crippen LogP contribution in [0.15, 0.2) is 60.4 Å². The van der Waals surface area contributed by atoms with Crippen molar-refractivity contribution in [1.82, 2.24) is 4.90 Å². The number of aryl methyl sites for hydroxylation is 1. The molecule has 0 saturated carbocycles. The van der Waals surface area contributed by atoms with Gasteiger partial charge in [0.05, 0.1) is 12.7 Å². The number of ether oxygens (including phenoxy) is 3. The number of hydrogen-bond donors (Lipinski definition) is 0. The first-order valence-electron chi connectivity index (χ1n) is 10.7. The van der Waals surface area contributed by atoms with Crippen LogP contribution in [0.2, 0.25) is 0 Å². The van der Waals surface area contributed by atoms with Crippen LogP contribution >= 0.6 is 0 Å². The molecule has 5 heteroatoms. The van der Waals surface area contributed by atoms with Crippen LogP contribution < -0.4 is 14.2 Å². The quantitative estimate of drug-likeness (QED) is 0.530. The lowest BCUT2D eigenvalue weighted by Crippen LogP contribution is -2.32. The number of carbonyl (C=O) groups excluding carboxylic acids is 1. The van der Waals surface area contributed by atoms with E-state index in [-0.39, 0.29) is 5.78 Å². The number of methoxy groups -OCH3 is 1. The Balaban J connectivity index is 1.39. The van der Waals surface area contributed by atoms with Crippen molar-refractivity contribution in [2.45, 2.75) is 26.9 Å². The van der Waals surface area contributed by atoms with Gasteiger partial charge in [0.15, 0.2) is 5.76 Å². The number of rotatable bonds is 4. The Kier molecular flexibility index (Phi) is 5.19. The van der Waals surface area contributed by atoms with Crippen LogP contribution in [-0.2, 0) is 13.1 Å². The fourth-order valence-electron chi connectivity index (χ4n) is 4.30. The third kappa shape index (κ3) is 3.76. The maximum atomic E-state index is 13.1. The van der Waals surface area contributed by atoms with Gasteiger partial charge in [0.1, 0.15) is 24.0 Å². The molecular weight excluding hydrogens is 402 g/mol. The second-order valence-corrected chi connectivity index (χ2v) is 8.33. The molecular formula is C27H25NO4.